The lowest BCUT2D eigenvalue weighted by Crippen LogP contribution is -2.40. The first kappa shape index (κ1) is 107. The minimum Gasteiger partial charge on any atom is -0.496 e. The number of rotatable bonds is 25. The van der Waals surface area contributed by atoms with Gasteiger partial charge in [-0.1, -0.05) is 160 Å². The lowest BCUT2D eigenvalue weighted by Gasteiger charge is -2.36. The van der Waals surface area contributed by atoms with Gasteiger partial charge in [-0.3, -0.25) is 58.6 Å². The molecule has 15 aromatic rings. The number of benzene rings is 10. The smallest absolute Gasteiger partial charge is 0.269 e. The van der Waals surface area contributed by atoms with Crippen LogP contribution in [0.1, 0.15) is 214 Å². The molecule has 0 N–H and O–H groups in total. The monoisotopic (exact) mass is 2030 g/mol. The van der Waals surface area contributed by atoms with Crippen LogP contribution in [0, 0.1) is 71.7 Å². The molecule has 5 fully saturated rings. The average molecular weight is 2030 g/mol. The van der Waals surface area contributed by atoms with Gasteiger partial charge in [0.25, 0.3) is 5.69 Å². The van der Waals surface area contributed by atoms with E-state index in [1.54, 1.807) is 19.2 Å². The first-order valence-corrected chi connectivity index (χ1v) is 55.8. The Hall–Kier alpha value is -13.0. The normalized spacial score (nSPS) is 15.1. The van der Waals surface area contributed by atoms with Crippen molar-refractivity contribution in [1.29, 1.82) is 0 Å². The van der Waals surface area contributed by atoms with Crippen LogP contribution in [0.15, 0.2) is 218 Å². The zero-order valence-electron chi connectivity index (χ0n) is 87.4. The summed E-state index contributed by atoms with van der Waals surface area (Å²) in [5.41, 5.74) is 23.3. The molecule has 10 aromatic carbocycles. The van der Waals surface area contributed by atoms with Crippen molar-refractivity contribution in [1.82, 2.24) is 47.3 Å². The molecule has 10 heterocycles. The van der Waals surface area contributed by atoms with Crippen LogP contribution >= 0.6 is 23.2 Å². The number of piperidine rings is 5. The van der Waals surface area contributed by atoms with Crippen LogP contribution < -0.4 is 4.74 Å². The van der Waals surface area contributed by atoms with Gasteiger partial charge < -0.3 is 32.0 Å². The number of nitro groups is 1. The Morgan fingerprint density at radius 1 is 0.361 bits per heavy atom. The Kier molecular flexibility index (Phi) is 34.8. The van der Waals surface area contributed by atoms with E-state index in [1.807, 2.05) is 172 Å². The van der Waals surface area contributed by atoms with Gasteiger partial charge in [-0.25, -0.2) is 9.69 Å². The summed E-state index contributed by atoms with van der Waals surface area (Å²) in [6.07, 6.45) is 18.0. The lowest BCUT2D eigenvalue weighted by molar-refractivity contribution is -0.384. The summed E-state index contributed by atoms with van der Waals surface area (Å²) in [5, 5.41) is 17.4. The van der Waals surface area contributed by atoms with Crippen LogP contribution in [0.3, 0.4) is 0 Å². The molecule has 147 heavy (non-hydrogen) atoms. The van der Waals surface area contributed by atoms with Gasteiger partial charge in [-0.15, -0.1) is 0 Å². The Morgan fingerprint density at radius 2 is 0.667 bits per heavy atom. The van der Waals surface area contributed by atoms with E-state index in [9.17, 15) is 34.1 Å². The van der Waals surface area contributed by atoms with E-state index in [0.29, 0.717) is 66.5 Å². The van der Waals surface area contributed by atoms with Crippen LogP contribution in [0.2, 0.25) is 28.2 Å². The van der Waals surface area contributed by atoms with Crippen LogP contribution in [0.25, 0.3) is 92.6 Å². The quantitative estimate of drug-likeness (QED) is 0.0172. The third-order valence-electron chi connectivity index (χ3n) is 30.4. The van der Waals surface area contributed by atoms with Crippen molar-refractivity contribution in [3.05, 3.63) is 334 Å². The number of nitrogens with zero attached hydrogens (tertiary/aromatic N) is 13. The van der Waals surface area contributed by atoms with Crippen molar-refractivity contribution in [3.63, 3.8) is 0 Å². The predicted octanol–water partition coefficient (Wildman–Crippen LogP) is 28.5. The number of aromatic nitrogens is 5. The maximum absolute atomic E-state index is 13.6. The number of carbonyl (C=O) groups excluding carboxylic acids is 5. The van der Waals surface area contributed by atoms with E-state index < -0.39 is 13.2 Å². The van der Waals surface area contributed by atoms with Gasteiger partial charge in [0, 0.05) is 123 Å². The highest BCUT2D eigenvalue weighted by molar-refractivity contribution is 6.74. The molecule has 5 aromatic heterocycles. The van der Waals surface area contributed by atoms with Gasteiger partial charge in [0.15, 0.2) is 48.6 Å². The van der Waals surface area contributed by atoms with Crippen LogP contribution in [0.5, 0.6) is 5.75 Å². The summed E-state index contributed by atoms with van der Waals surface area (Å²) in [7, 11) is -0.225. The Balaban J connectivity index is 0.000000132. The standard InChI is InChI=1S/C29H39ClN2O2Si.C24H25N3O2.C24H25N3O.C23H25ClN2O.C22H23N3O3/c1-21-28(27(33)19-31-16-8-7-9-17-31)25-15-10-22(20-34-35(5,6)29(2,3)4)18-26(25)32(21)24-13-11-23(30)12-14-24;1-17-23(21(28)16-26-14-5-4-6-15-26)24-20(8-7-9-22(24)29-3)27(17)19-12-10-18(25-2)11-13-19;1-17-7-12-22-21(15-17)24(23(28)16-26-13-5-4-6-14-26)18(2)27(22)20-10-8-19(25-3)9-11-20;1-16-6-11-21-20(14-16)23(22(27)15-25-12-4-3-5-13-25)17(2)26(21)19-9-7-18(24)8-10-19;1-16-22(21(26)15-23-13-5-2-6-14-23)19-7-3-4-8-20(19)24(16)17-9-11-18(12-10-17)25(27)28/h10-15,18H,7-9,16-17,19-20H2,1-6H3;7-13H,4-6,14-16H2,1,3H3;7-12,15H,4-6,13-14,16H2,1-2H3;6-11,14H,3-5,12-13,15H2,1-2H3;3-4,7-12H,2,5-6,13-15H2,1H3. The van der Waals surface area contributed by atoms with Crippen molar-refractivity contribution in [3.8, 4) is 34.2 Å². The van der Waals surface area contributed by atoms with Crippen molar-refractivity contribution in [2.45, 2.75) is 190 Å². The number of hydrogen-bond donors (Lipinski definition) is 0. The number of non-ortho nitro benzene ring substituents is 1. The van der Waals surface area contributed by atoms with Crippen LogP contribution in [0.4, 0.5) is 17.1 Å². The second kappa shape index (κ2) is 47.9. The number of likely N-dealkylation sites (tertiary alicyclic amines) is 5. The summed E-state index contributed by atoms with van der Waals surface area (Å²) < 4.78 is 22.8. The molecule has 0 aliphatic carbocycles. The topological polar surface area (TPSA) is 197 Å². The molecular formula is C122H137Cl2N13O9Si. The highest BCUT2D eigenvalue weighted by Gasteiger charge is 2.38. The zero-order valence-corrected chi connectivity index (χ0v) is 90.0. The molecule has 5 saturated heterocycles. The minimum absolute atomic E-state index is 0.0549. The molecule has 0 saturated carbocycles. The minimum atomic E-state index is -1.87. The number of halogens is 2. The molecule has 0 bridgehead atoms. The molecule has 0 unspecified atom stereocenters. The van der Waals surface area contributed by atoms with Crippen molar-refractivity contribution < 1.29 is 38.1 Å². The number of carbonyl (C=O) groups is 5. The number of Topliss-reactive ketones (excluding diaryl/α,β-unsaturated/α-hetero) is 5. The number of nitro benzene ring substituents is 1. The van der Waals surface area contributed by atoms with Gasteiger partial charge in [0.1, 0.15) is 5.75 Å². The fourth-order valence-corrected chi connectivity index (χ4v) is 22.9. The lowest BCUT2D eigenvalue weighted by atomic mass is 10.0. The van der Waals surface area contributed by atoms with Gasteiger partial charge in [0.05, 0.1) is 103 Å². The van der Waals surface area contributed by atoms with E-state index in [1.165, 1.54) is 88.3 Å². The maximum atomic E-state index is 13.6. The highest BCUT2D eigenvalue weighted by Crippen LogP contribution is 2.43. The van der Waals surface area contributed by atoms with E-state index >= 15 is 0 Å². The van der Waals surface area contributed by atoms with Crippen molar-refractivity contribution >= 4 is 132 Å². The van der Waals surface area contributed by atoms with E-state index in [-0.39, 0.29) is 39.6 Å². The molecular weight excluding hydrogens is 1890 g/mol. The summed E-state index contributed by atoms with van der Waals surface area (Å²) >= 11 is 12.3. The Labute approximate surface area is 875 Å². The predicted molar refractivity (Wildman–Crippen MR) is 600 cm³/mol. The van der Waals surface area contributed by atoms with Crippen molar-refractivity contribution in [2.75, 3.05) is 105 Å². The number of para-hydroxylation sites is 1. The molecule has 22 nitrogen and oxygen atoms in total. The average Bonchev–Trinajstić information content (AvgIpc) is 1.60. The molecule has 0 radical (unpaired) electrons. The molecule has 20 rings (SSSR count). The SMILES string of the molecule is Cc1c(C(=O)CN2CCCCC2)c2ccc(CO[Si](C)(C)C(C)(C)C)cc2n1-c1ccc(Cl)cc1.Cc1c(C(=O)CN2CCCCC2)c2ccccc2n1-c1ccc([N+](=O)[O-])cc1.Cc1ccc2c(c1)c(C(=O)CN1CCCCC1)c(C)n2-c1ccc(Cl)cc1.[C-]#[N+]c1ccc(-n2c(C)c(C(=O)CN3CCCCC3)c3c(OC)cccc32)cc1.[C-]#[N+]c1ccc(-n2c(C)c(C(=O)CN3CCCCC3)c3cc(C)ccc32)cc1. The van der Waals surface area contributed by atoms with Gasteiger partial charge in [0.2, 0.25) is 0 Å². The summed E-state index contributed by atoms with van der Waals surface area (Å²) in [6.45, 7) is 52.9. The molecule has 762 valence electrons. The first-order chi connectivity index (χ1) is 70.8. The Morgan fingerprint density at radius 3 is 1.02 bits per heavy atom. The fraction of sp³-hybridized carbons (Fsp3) is 0.369. The summed E-state index contributed by atoms with van der Waals surface area (Å²) in [5.74, 6) is 1.60. The highest BCUT2D eigenvalue weighted by atomic mass is 35.5. The number of fused-ring (bicyclic) bond motifs is 5. The van der Waals surface area contributed by atoms with Gasteiger partial charge in [-0.2, -0.15) is 0 Å². The largest absolute Gasteiger partial charge is 0.496 e. The second-order valence-electron chi connectivity index (χ2n) is 41.6. The third-order valence-corrected chi connectivity index (χ3v) is 35.3. The number of hydrogen-bond acceptors (Lipinski definition) is 14. The summed E-state index contributed by atoms with van der Waals surface area (Å²) in [6, 6.07) is 70.0. The van der Waals surface area contributed by atoms with Gasteiger partial charge >= 0.3 is 0 Å². The van der Waals surface area contributed by atoms with E-state index in [0.717, 1.165) is 241 Å². The van der Waals surface area contributed by atoms with Crippen LogP contribution in [-0.2, 0) is 11.0 Å². The molecule has 0 amide bonds. The number of ether oxygens (including phenoxy) is 1. The Bertz CT molecular complexity index is 7400. The first-order valence-electron chi connectivity index (χ1n) is 52.1. The molecule has 0 atom stereocenters. The number of aryl methyl sites for hydroxylation is 2. The second-order valence-corrected chi connectivity index (χ2v) is 47.3. The third kappa shape index (κ3) is 24.4. The maximum Gasteiger partial charge on any atom is 0.269 e. The van der Waals surface area contributed by atoms with Crippen molar-refractivity contribution in [2.24, 2.45) is 0 Å². The number of methoxy groups -OCH3 is 1. The summed E-state index contributed by atoms with van der Waals surface area (Å²) in [4.78, 5) is 95.7. The molecule has 5 aliphatic rings. The molecule has 5 aliphatic heterocycles. The number of ketones is 5. The molecule has 0 spiro atoms. The molecule has 25 heteroatoms. The van der Waals surface area contributed by atoms with E-state index in [2.05, 4.69) is 162 Å². The van der Waals surface area contributed by atoms with E-state index in [4.69, 9.17) is 45.5 Å². The fourth-order valence-electron chi connectivity index (χ4n) is 21.7. The van der Waals surface area contributed by atoms with Gasteiger partial charge in [-0.05, 0) is 335 Å². The van der Waals surface area contributed by atoms with Crippen LogP contribution in [-0.4, -0.2) is 195 Å². The zero-order chi connectivity index (χ0) is 104.